The number of nitrogens with one attached hydrogen (secondary N) is 3. The number of carbonyl (C=O) groups excluding carboxylic acids is 6. The lowest BCUT2D eigenvalue weighted by Gasteiger charge is -2.17. The van der Waals surface area contributed by atoms with Crippen molar-refractivity contribution in [3.63, 3.8) is 0 Å². The van der Waals surface area contributed by atoms with Gasteiger partial charge in [0.1, 0.15) is 0 Å². The number of rotatable bonds is 27. The Morgan fingerprint density at radius 2 is 1.05 bits per heavy atom. The third-order valence-corrected chi connectivity index (χ3v) is 10.9. The van der Waals surface area contributed by atoms with E-state index in [4.69, 9.17) is 11.5 Å². The lowest BCUT2D eigenvalue weighted by molar-refractivity contribution is -0.154. The van der Waals surface area contributed by atoms with Crippen LogP contribution in [0, 0.1) is 35.5 Å². The number of carbonyl (C=O) groups is 6. The highest BCUT2D eigenvalue weighted by molar-refractivity contribution is 6.05. The lowest BCUT2D eigenvalue weighted by Crippen LogP contribution is -2.39. The largest absolute Gasteiger partial charge is 0.393 e. The molecule has 0 bridgehead atoms. The molecule has 3 rings (SSSR count). The second kappa shape index (κ2) is 39.3. The zero-order valence-electron chi connectivity index (χ0n) is 40.5. The minimum absolute atomic E-state index is 0.00999. The van der Waals surface area contributed by atoms with E-state index in [2.05, 4.69) is 66.6 Å². The molecule has 3 aliphatic rings. The first kappa shape index (κ1) is 60.8. The van der Waals surface area contributed by atoms with E-state index >= 15 is 0 Å². The maximum Gasteiger partial charge on any atom is 0.338 e. The van der Waals surface area contributed by atoms with E-state index in [1.54, 1.807) is 6.92 Å². The van der Waals surface area contributed by atoms with Crippen molar-refractivity contribution >= 4 is 35.7 Å². The third kappa shape index (κ3) is 30.7. The molecule has 0 aromatic rings. The van der Waals surface area contributed by atoms with Crippen LogP contribution in [0.5, 0.6) is 0 Å². The maximum atomic E-state index is 12.5. The van der Waals surface area contributed by atoms with Gasteiger partial charge in [-0.1, -0.05) is 125 Å². The number of unbranched alkanes of at least 4 members (excludes halogenated alkanes) is 9. The van der Waals surface area contributed by atoms with Gasteiger partial charge in [0.2, 0.25) is 11.8 Å². The molecule has 0 radical (unpaired) electrons. The molecule has 3 heterocycles. The molecule has 3 aliphatic heterocycles. The maximum absolute atomic E-state index is 12.5. The Bertz CT molecular complexity index is 1260. The van der Waals surface area contributed by atoms with E-state index in [-0.39, 0.29) is 47.4 Å². The van der Waals surface area contributed by atoms with E-state index in [9.17, 15) is 28.8 Å². The van der Waals surface area contributed by atoms with Crippen molar-refractivity contribution in [3.8, 4) is 0 Å². The fourth-order valence-electron chi connectivity index (χ4n) is 6.56. The van der Waals surface area contributed by atoms with Gasteiger partial charge in [0, 0.05) is 70.4 Å². The molecule has 0 spiro atoms. The highest BCUT2D eigenvalue weighted by atomic mass is 16.6. The van der Waals surface area contributed by atoms with Crippen LogP contribution in [0.4, 0.5) is 0 Å². The van der Waals surface area contributed by atoms with Crippen molar-refractivity contribution in [1.29, 1.82) is 0 Å². The quantitative estimate of drug-likeness (QED) is 0.0194. The third-order valence-electron chi connectivity index (χ3n) is 10.9. The van der Waals surface area contributed by atoms with Gasteiger partial charge in [-0.3, -0.25) is 24.1 Å². The summed E-state index contributed by atoms with van der Waals surface area (Å²) in [6.45, 7) is 28.8. The Hall–Kier alpha value is -3.30. The number of imide groups is 1. The van der Waals surface area contributed by atoms with Crippen molar-refractivity contribution in [2.75, 3.05) is 58.9 Å². The number of likely N-dealkylation sites (tertiary alicyclic amines) is 1. The first-order valence-electron chi connectivity index (χ1n) is 23.7. The van der Waals surface area contributed by atoms with Gasteiger partial charge in [0.25, 0.3) is 0 Å². The average molecular weight is 879 g/mol. The summed E-state index contributed by atoms with van der Waals surface area (Å²) in [5.41, 5.74) is 12.0. The summed E-state index contributed by atoms with van der Waals surface area (Å²) in [7, 11) is 0. The van der Waals surface area contributed by atoms with Crippen molar-refractivity contribution in [3.05, 3.63) is 24.3 Å². The number of nitrogens with two attached hydrogens (primary N) is 2. The summed E-state index contributed by atoms with van der Waals surface area (Å²) in [4.78, 5) is 68.4. The Morgan fingerprint density at radius 3 is 1.44 bits per heavy atom. The Balaban J connectivity index is 0. The normalized spacial score (nSPS) is 19.9. The topological polar surface area (TPSA) is 212 Å². The van der Waals surface area contributed by atoms with Crippen LogP contribution in [-0.2, 0) is 38.2 Å². The SMILES string of the molecule is C=C(C)C.CCC(C)CC1C(=O)N(CCNCCNCCNCCN)C(=O)C1C.CCC(C)CC1C(=O)OC(=O)C1C.CCCCCCCCCCCCN.O=C1C=CC(=O)O1. The number of ether oxygens (including phenoxy) is 2. The summed E-state index contributed by atoms with van der Waals surface area (Å²) in [5, 5.41) is 9.83. The van der Waals surface area contributed by atoms with Crippen LogP contribution in [-0.4, -0.2) is 99.5 Å². The fourth-order valence-corrected chi connectivity index (χ4v) is 6.56. The van der Waals surface area contributed by atoms with E-state index in [1.807, 2.05) is 20.8 Å². The first-order valence-corrected chi connectivity index (χ1v) is 23.7. The Kier molecular flexibility index (Phi) is 38.5. The minimum atomic E-state index is -0.579. The van der Waals surface area contributed by atoms with Crippen LogP contribution in [0.25, 0.3) is 0 Å². The van der Waals surface area contributed by atoms with E-state index in [1.165, 1.54) is 74.7 Å². The number of nitrogens with zero attached hydrogens (tertiary/aromatic N) is 1. The van der Waals surface area contributed by atoms with E-state index in [0.29, 0.717) is 31.5 Å². The molecule has 2 saturated heterocycles. The second-order valence-electron chi connectivity index (χ2n) is 17.1. The Labute approximate surface area is 376 Å². The summed E-state index contributed by atoms with van der Waals surface area (Å²) in [5.74, 6) is -1.66. The molecule has 0 aromatic heterocycles. The van der Waals surface area contributed by atoms with Crippen LogP contribution in [0.15, 0.2) is 24.3 Å². The summed E-state index contributed by atoms with van der Waals surface area (Å²) in [6.07, 6.45) is 19.8. The zero-order valence-corrected chi connectivity index (χ0v) is 40.5. The molecule has 360 valence electrons. The van der Waals surface area contributed by atoms with E-state index < -0.39 is 11.9 Å². The van der Waals surface area contributed by atoms with Crippen LogP contribution in [0.2, 0.25) is 0 Å². The summed E-state index contributed by atoms with van der Waals surface area (Å²) >= 11 is 0. The van der Waals surface area contributed by atoms with Gasteiger partial charge >= 0.3 is 23.9 Å². The van der Waals surface area contributed by atoms with Gasteiger partial charge in [-0.15, -0.1) is 6.58 Å². The van der Waals surface area contributed by atoms with Gasteiger partial charge in [-0.2, -0.15) is 0 Å². The molecule has 0 saturated carbocycles. The number of amides is 2. The molecular formula is C48H90N6O8. The molecule has 2 amide bonds. The molecule has 0 aliphatic carbocycles. The van der Waals surface area contributed by atoms with Crippen LogP contribution in [0.1, 0.15) is 152 Å². The predicted molar refractivity (Wildman–Crippen MR) is 251 cm³/mol. The fraction of sp³-hybridized carbons (Fsp3) is 0.792. The van der Waals surface area contributed by atoms with Gasteiger partial charge in [0.05, 0.1) is 17.8 Å². The average Bonchev–Trinajstić information content (AvgIpc) is 3.80. The van der Waals surface area contributed by atoms with Gasteiger partial charge in [0.15, 0.2) is 0 Å². The lowest BCUT2D eigenvalue weighted by atomic mass is 9.87. The van der Waals surface area contributed by atoms with Crippen LogP contribution < -0.4 is 27.4 Å². The standard InChI is InChI=1S/C18H37N5O2.C12H27N.C10H16O3.C4H2O3.C4H8/c1-4-14(2)13-16-15(3)17(24)23(18(16)25)12-11-22-10-9-21-8-7-20-6-5-19;1-2-3-4-5-6-7-8-9-10-11-12-13;1-4-6(2)5-8-7(3)9(11)13-10(8)12;5-3-1-2-4(6)7-3;1-4(2)3/h14-16,20-22H,4-13,19H2,1-3H3;2-13H2,1H3;6-8H,4-5H2,1-3H3;1-2H;1H2,2-3H3. The number of cyclic esters (lactones) is 4. The molecule has 6 unspecified atom stereocenters. The van der Waals surface area contributed by atoms with E-state index in [0.717, 1.165) is 77.1 Å². The Morgan fingerprint density at radius 1 is 0.613 bits per heavy atom. The van der Waals surface area contributed by atoms with Crippen LogP contribution >= 0.6 is 0 Å². The first-order chi connectivity index (χ1) is 29.5. The molecular weight excluding hydrogens is 789 g/mol. The zero-order chi connectivity index (χ0) is 47.3. The predicted octanol–water partition coefficient (Wildman–Crippen LogP) is 6.60. The second-order valence-corrected chi connectivity index (χ2v) is 17.1. The minimum Gasteiger partial charge on any atom is -0.393 e. The smallest absolute Gasteiger partial charge is 0.338 e. The van der Waals surface area contributed by atoms with Crippen molar-refractivity contribution in [2.45, 2.75) is 152 Å². The van der Waals surface area contributed by atoms with Crippen LogP contribution in [0.3, 0.4) is 0 Å². The number of hydrogen-bond acceptors (Lipinski definition) is 13. The summed E-state index contributed by atoms with van der Waals surface area (Å²) < 4.78 is 8.53. The number of allylic oxidation sites excluding steroid dienone is 1. The van der Waals surface area contributed by atoms with Crippen molar-refractivity contribution in [2.24, 2.45) is 47.0 Å². The highest BCUT2D eigenvalue weighted by Gasteiger charge is 2.44. The highest BCUT2D eigenvalue weighted by Crippen LogP contribution is 2.32. The molecule has 14 nitrogen and oxygen atoms in total. The van der Waals surface area contributed by atoms with Gasteiger partial charge in [-0.25, -0.2) is 9.59 Å². The molecule has 62 heavy (non-hydrogen) atoms. The molecule has 14 heteroatoms. The van der Waals surface area contributed by atoms with Crippen molar-refractivity contribution in [1.82, 2.24) is 20.9 Å². The molecule has 6 atom stereocenters. The van der Waals surface area contributed by atoms with Crippen molar-refractivity contribution < 1.29 is 38.2 Å². The monoisotopic (exact) mass is 879 g/mol. The summed E-state index contributed by atoms with van der Waals surface area (Å²) in [6, 6.07) is 0. The molecule has 0 aromatic carbocycles. The number of esters is 4. The van der Waals surface area contributed by atoms with Gasteiger partial charge < -0.3 is 36.9 Å². The molecule has 2 fully saturated rings. The molecule has 7 N–H and O–H groups in total. The number of hydrogen-bond donors (Lipinski definition) is 5. The van der Waals surface area contributed by atoms with Gasteiger partial charge in [-0.05, 0) is 51.5 Å².